The molecule has 0 unspecified atom stereocenters. The van der Waals surface area contributed by atoms with Gasteiger partial charge in [0.2, 0.25) is 5.88 Å². The van der Waals surface area contributed by atoms with E-state index in [4.69, 9.17) is 27.9 Å². The van der Waals surface area contributed by atoms with E-state index in [1.165, 1.54) is 6.20 Å². The average molecular weight is 314 g/mol. The zero-order chi connectivity index (χ0) is 14.5. The Hall–Kier alpha value is -1.72. The van der Waals surface area contributed by atoms with Gasteiger partial charge in [0.15, 0.2) is 0 Å². The van der Waals surface area contributed by atoms with Crippen LogP contribution in [0, 0.1) is 0 Å². The van der Waals surface area contributed by atoms with Gasteiger partial charge in [0, 0.05) is 22.8 Å². The monoisotopic (exact) mass is 313 g/mol. The summed E-state index contributed by atoms with van der Waals surface area (Å²) in [6.07, 6.45) is 1.49. The number of H-pyrrole nitrogens is 1. The summed E-state index contributed by atoms with van der Waals surface area (Å²) in [5, 5.41) is 10.3. The van der Waals surface area contributed by atoms with Crippen LogP contribution in [0.2, 0.25) is 10.0 Å². The molecule has 0 aliphatic carbocycles. The van der Waals surface area contributed by atoms with E-state index in [1.54, 1.807) is 18.2 Å². The van der Waals surface area contributed by atoms with Gasteiger partial charge in [-0.2, -0.15) is 0 Å². The predicted molar refractivity (Wildman–Crippen MR) is 77.4 cm³/mol. The summed E-state index contributed by atoms with van der Waals surface area (Å²) in [6, 6.07) is 5.12. The van der Waals surface area contributed by atoms with Crippen molar-refractivity contribution in [2.24, 2.45) is 0 Å². The molecule has 1 amide bonds. The summed E-state index contributed by atoms with van der Waals surface area (Å²) in [4.78, 5) is 12.0. The van der Waals surface area contributed by atoms with Crippen LogP contribution in [0.3, 0.4) is 0 Å². The number of carbonyl (C=O) groups excluding carboxylic acids is 1. The molecule has 7 heteroatoms. The fraction of sp³-hybridized carbons (Fsp3) is 0.231. The molecule has 1 heterocycles. The number of carbonyl (C=O) groups is 1. The lowest BCUT2D eigenvalue weighted by Gasteiger charge is -2.07. The predicted octanol–water partition coefficient (Wildman–Crippen LogP) is 3.05. The highest BCUT2D eigenvalue weighted by molar-refractivity contribution is 6.35. The maximum absolute atomic E-state index is 12.0. The molecule has 1 aromatic carbocycles. The minimum Gasteiger partial charge on any atom is -0.476 e. The van der Waals surface area contributed by atoms with E-state index < -0.39 is 0 Å². The second-order valence-corrected chi connectivity index (χ2v) is 4.80. The lowest BCUT2D eigenvalue weighted by Crippen LogP contribution is -2.23. The van der Waals surface area contributed by atoms with Crippen LogP contribution in [0.4, 0.5) is 0 Å². The van der Waals surface area contributed by atoms with Crippen molar-refractivity contribution in [2.75, 3.05) is 6.61 Å². The summed E-state index contributed by atoms with van der Waals surface area (Å²) in [5.74, 6) is 0.000389. The Morgan fingerprint density at radius 2 is 2.25 bits per heavy atom. The number of aromatic nitrogens is 2. The van der Waals surface area contributed by atoms with Gasteiger partial charge in [0.25, 0.3) is 5.91 Å². The van der Waals surface area contributed by atoms with Crippen LogP contribution in [0.15, 0.2) is 24.4 Å². The van der Waals surface area contributed by atoms with Gasteiger partial charge in [-0.25, -0.2) is 0 Å². The minimum absolute atomic E-state index is 0.284. The standard InChI is InChI=1S/C13H13Cl2N3O2/c1-2-20-13-10(7-17-18-13)12(19)16-6-8-3-4-9(14)5-11(8)15/h3-5,7H,2,6H2,1H3,(H,16,19)(H,17,18). The van der Waals surface area contributed by atoms with Crippen molar-refractivity contribution in [1.29, 1.82) is 0 Å². The van der Waals surface area contributed by atoms with Crippen LogP contribution < -0.4 is 10.1 Å². The van der Waals surface area contributed by atoms with Crippen LogP contribution in [0.5, 0.6) is 5.88 Å². The number of nitrogens with one attached hydrogen (secondary N) is 2. The summed E-state index contributed by atoms with van der Waals surface area (Å²) in [6.45, 7) is 2.56. The van der Waals surface area contributed by atoms with Crippen molar-refractivity contribution in [3.63, 3.8) is 0 Å². The molecule has 0 aliphatic rings. The fourth-order valence-electron chi connectivity index (χ4n) is 1.62. The van der Waals surface area contributed by atoms with Crippen molar-refractivity contribution < 1.29 is 9.53 Å². The van der Waals surface area contributed by atoms with Gasteiger partial charge in [0.05, 0.1) is 6.61 Å². The molecule has 5 nitrogen and oxygen atoms in total. The first-order valence-corrected chi connectivity index (χ1v) is 6.76. The average Bonchev–Trinajstić information content (AvgIpc) is 2.86. The second kappa shape index (κ2) is 6.63. The molecule has 0 bridgehead atoms. The molecule has 106 valence electrons. The molecule has 2 rings (SSSR count). The van der Waals surface area contributed by atoms with E-state index in [9.17, 15) is 4.79 Å². The number of hydrogen-bond donors (Lipinski definition) is 2. The molecule has 0 spiro atoms. The lowest BCUT2D eigenvalue weighted by atomic mass is 10.2. The van der Waals surface area contributed by atoms with Crippen LogP contribution >= 0.6 is 23.2 Å². The molecule has 20 heavy (non-hydrogen) atoms. The van der Waals surface area contributed by atoms with Crippen molar-refractivity contribution in [3.05, 3.63) is 45.6 Å². The Kier molecular flexibility index (Phi) is 4.87. The smallest absolute Gasteiger partial charge is 0.258 e. The van der Waals surface area contributed by atoms with Crippen molar-refractivity contribution in [3.8, 4) is 5.88 Å². The topological polar surface area (TPSA) is 67.0 Å². The van der Waals surface area contributed by atoms with Crippen molar-refractivity contribution >= 4 is 29.1 Å². The zero-order valence-corrected chi connectivity index (χ0v) is 12.3. The molecule has 1 aromatic heterocycles. The fourth-order valence-corrected chi connectivity index (χ4v) is 2.10. The Morgan fingerprint density at radius 3 is 2.95 bits per heavy atom. The van der Waals surface area contributed by atoms with Gasteiger partial charge in [-0.05, 0) is 24.6 Å². The molecular formula is C13H13Cl2N3O2. The van der Waals surface area contributed by atoms with Gasteiger partial charge >= 0.3 is 0 Å². The molecule has 2 aromatic rings. The quantitative estimate of drug-likeness (QED) is 0.891. The summed E-state index contributed by atoms with van der Waals surface area (Å²) >= 11 is 11.9. The number of amides is 1. The van der Waals surface area contributed by atoms with E-state index in [0.29, 0.717) is 28.8 Å². The van der Waals surface area contributed by atoms with E-state index in [1.807, 2.05) is 6.92 Å². The molecule has 0 saturated heterocycles. The number of hydrogen-bond acceptors (Lipinski definition) is 3. The van der Waals surface area contributed by atoms with Crippen LogP contribution in [-0.2, 0) is 6.54 Å². The largest absolute Gasteiger partial charge is 0.476 e. The van der Waals surface area contributed by atoms with Crippen LogP contribution in [0.1, 0.15) is 22.8 Å². The number of ether oxygens (including phenoxy) is 1. The maximum Gasteiger partial charge on any atom is 0.258 e. The summed E-state index contributed by atoms with van der Waals surface area (Å²) in [7, 11) is 0. The molecule has 0 saturated carbocycles. The molecule has 2 N–H and O–H groups in total. The van der Waals surface area contributed by atoms with E-state index in [0.717, 1.165) is 5.56 Å². The Labute approximate surface area is 126 Å². The number of halogens is 2. The molecule has 0 atom stereocenters. The number of benzene rings is 1. The van der Waals surface area contributed by atoms with Crippen LogP contribution in [0.25, 0.3) is 0 Å². The lowest BCUT2D eigenvalue weighted by molar-refractivity contribution is 0.0947. The first kappa shape index (κ1) is 14.7. The minimum atomic E-state index is -0.284. The third-order valence-corrected chi connectivity index (χ3v) is 3.17. The van der Waals surface area contributed by atoms with E-state index in [2.05, 4.69) is 15.5 Å². The third kappa shape index (κ3) is 3.43. The number of nitrogens with zero attached hydrogens (tertiary/aromatic N) is 1. The maximum atomic E-state index is 12.0. The van der Waals surface area contributed by atoms with Crippen LogP contribution in [-0.4, -0.2) is 22.7 Å². The van der Waals surface area contributed by atoms with E-state index in [-0.39, 0.29) is 11.8 Å². The van der Waals surface area contributed by atoms with E-state index >= 15 is 0 Å². The first-order chi connectivity index (χ1) is 9.61. The normalized spacial score (nSPS) is 10.3. The SMILES string of the molecule is CCOc1n[nH]cc1C(=O)NCc1ccc(Cl)cc1Cl. The molecule has 0 aliphatic heterocycles. The Balaban J connectivity index is 2.03. The van der Waals surface area contributed by atoms with Gasteiger partial charge < -0.3 is 10.1 Å². The highest BCUT2D eigenvalue weighted by Crippen LogP contribution is 2.21. The Morgan fingerprint density at radius 1 is 1.45 bits per heavy atom. The molecule has 0 fully saturated rings. The van der Waals surface area contributed by atoms with Gasteiger partial charge in [0.1, 0.15) is 5.56 Å². The van der Waals surface area contributed by atoms with Crippen molar-refractivity contribution in [2.45, 2.75) is 13.5 Å². The first-order valence-electron chi connectivity index (χ1n) is 6.00. The highest BCUT2D eigenvalue weighted by Gasteiger charge is 2.15. The number of aromatic amines is 1. The third-order valence-electron chi connectivity index (χ3n) is 2.59. The molecule has 0 radical (unpaired) electrons. The van der Waals surface area contributed by atoms with Crippen molar-refractivity contribution in [1.82, 2.24) is 15.5 Å². The zero-order valence-electron chi connectivity index (χ0n) is 10.7. The summed E-state index contributed by atoms with van der Waals surface area (Å²) in [5.41, 5.74) is 1.14. The van der Waals surface area contributed by atoms with Gasteiger partial charge in [-0.3, -0.25) is 9.89 Å². The highest BCUT2D eigenvalue weighted by atomic mass is 35.5. The molecular weight excluding hydrogens is 301 g/mol. The second-order valence-electron chi connectivity index (χ2n) is 3.96. The summed E-state index contributed by atoms with van der Waals surface area (Å²) < 4.78 is 5.24. The van der Waals surface area contributed by atoms with Gasteiger partial charge in [-0.15, -0.1) is 5.10 Å². The number of rotatable bonds is 5. The Bertz CT molecular complexity index is 613. The van der Waals surface area contributed by atoms with Gasteiger partial charge in [-0.1, -0.05) is 29.3 Å².